The molecule has 0 bridgehead atoms. The molecule has 0 radical (unpaired) electrons. The first-order valence-corrected chi connectivity index (χ1v) is 3.73. The number of Topliss-reactive ketones (excluding diaryl/α,β-unsaturated/α-hetero) is 1. The van der Waals surface area contributed by atoms with Crippen LogP contribution in [0.4, 0.5) is 0 Å². The zero-order valence-electron chi connectivity index (χ0n) is 7.26. The second kappa shape index (κ2) is 4.54. The topological polar surface area (TPSA) is 80.4 Å². The quantitative estimate of drug-likeness (QED) is 0.609. The third kappa shape index (κ3) is 2.74. The maximum absolute atomic E-state index is 11.0. The fourth-order valence-electron chi connectivity index (χ4n) is 0.686. The molecule has 0 aromatic heterocycles. The summed E-state index contributed by atoms with van der Waals surface area (Å²) >= 11 is 0. The number of hydrogen-bond acceptors (Lipinski definition) is 3. The van der Waals surface area contributed by atoms with Crippen LogP contribution in [-0.2, 0) is 9.59 Å². The molecule has 0 saturated carbocycles. The van der Waals surface area contributed by atoms with Gasteiger partial charge in [-0.1, -0.05) is 6.92 Å². The summed E-state index contributed by atoms with van der Waals surface area (Å²) in [6.07, 6.45) is 0.975. The Balaban J connectivity index is 4.55. The van der Waals surface area contributed by atoms with Crippen LogP contribution in [0.1, 0.15) is 26.7 Å². The fourth-order valence-corrected chi connectivity index (χ4v) is 0.686. The van der Waals surface area contributed by atoms with Crippen molar-refractivity contribution in [2.45, 2.75) is 26.7 Å². The summed E-state index contributed by atoms with van der Waals surface area (Å²) in [5, 5.41) is 8.48. The fraction of sp³-hybridized carbons (Fsp3) is 0.500. The van der Waals surface area contributed by atoms with Gasteiger partial charge in [0.05, 0.1) is 11.3 Å². The van der Waals surface area contributed by atoms with E-state index in [2.05, 4.69) is 0 Å². The average molecular weight is 171 g/mol. The number of allylic oxidation sites excluding steroid dienone is 1. The zero-order chi connectivity index (χ0) is 9.72. The zero-order valence-corrected chi connectivity index (χ0v) is 7.26. The molecule has 0 aromatic rings. The summed E-state index contributed by atoms with van der Waals surface area (Å²) in [6, 6.07) is 0. The van der Waals surface area contributed by atoms with Crippen LogP contribution in [0.3, 0.4) is 0 Å². The predicted molar refractivity (Wildman–Crippen MR) is 44.4 cm³/mol. The number of carbonyl (C=O) groups is 2. The van der Waals surface area contributed by atoms with Crippen LogP contribution < -0.4 is 5.73 Å². The molecule has 0 amide bonds. The number of carboxylic acid groups (broad SMARTS) is 1. The first-order valence-electron chi connectivity index (χ1n) is 3.73. The highest BCUT2D eigenvalue weighted by Crippen LogP contribution is 2.03. The van der Waals surface area contributed by atoms with Crippen molar-refractivity contribution in [3.05, 3.63) is 11.3 Å². The first-order chi connectivity index (χ1) is 5.50. The first kappa shape index (κ1) is 10.7. The number of carboxylic acids is 1. The Hall–Kier alpha value is -1.32. The lowest BCUT2D eigenvalue weighted by Crippen LogP contribution is -2.16. The minimum atomic E-state index is -1.14. The number of aliphatic carboxylic acids is 1. The van der Waals surface area contributed by atoms with Crippen molar-refractivity contribution >= 4 is 11.8 Å². The Kier molecular flexibility index (Phi) is 4.04. The molecule has 0 fully saturated rings. The second-order valence-corrected chi connectivity index (χ2v) is 2.52. The number of hydrogen-bond donors (Lipinski definition) is 2. The lowest BCUT2D eigenvalue weighted by atomic mass is 10.1. The minimum Gasteiger partial charge on any atom is -0.478 e. The largest absolute Gasteiger partial charge is 0.478 e. The van der Waals surface area contributed by atoms with Crippen LogP contribution >= 0.6 is 0 Å². The maximum atomic E-state index is 11.0. The smallest absolute Gasteiger partial charge is 0.333 e. The van der Waals surface area contributed by atoms with E-state index in [9.17, 15) is 9.59 Å². The third-order valence-corrected chi connectivity index (χ3v) is 1.50. The van der Waals surface area contributed by atoms with E-state index >= 15 is 0 Å². The molecule has 0 aliphatic carbocycles. The summed E-state index contributed by atoms with van der Waals surface area (Å²) in [7, 11) is 0. The van der Waals surface area contributed by atoms with Crippen LogP contribution in [0.2, 0.25) is 0 Å². The summed E-state index contributed by atoms with van der Waals surface area (Å²) < 4.78 is 0. The molecule has 0 aliphatic rings. The van der Waals surface area contributed by atoms with E-state index in [4.69, 9.17) is 10.8 Å². The van der Waals surface area contributed by atoms with Crippen LogP contribution in [0, 0.1) is 0 Å². The van der Waals surface area contributed by atoms with Crippen molar-refractivity contribution in [3.8, 4) is 0 Å². The Labute approximate surface area is 71.1 Å². The molecule has 4 nitrogen and oxygen atoms in total. The van der Waals surface area contributed by atoms with Crippen molar-refractivity contribution in [2.75, 3.05) is 0 Å². The van der Waals surface area contributed by atoms with Crippen molar-refractivity contribution in [3.63, 3.8) is 0 Å². The Morgan fingerprint density at radius 3 is 2.25 bits per heavy atom. The molecule has 0 rings (SSSR count). The molecule has 68 valence electrons. The molecule has 3 N–H and O–H groups in total. The van der Waals surface area contributed by atoms with Crippen molar-refractivity contribution in [2.24, 2.45) is 5.73 Å². The highest BCUT2D eigenvalue weighted by Gasteiger charge is 2.12. The van der Waals surface area contributed by atoms with Gasteiger partial charge in [-0.3, -0.25) is 4.79 Å². The van der Waals surface area contributed by atoms with Crippen LogP contribution in [0.15, 0.2) is 11.3 Å². The van der Waals surface area contributed by atoms with Gasteiger partial charge < -0.3 is 10.8 Å². The molecule has 12 heavy (non-hydrogen) atoms. The van der Waals surface area contributed by atoms with E-state index in [0.717, 1.165) is 0 Å². The highest BCUT2D eigenvalue weighted by atomic mass is 16.4. The van der Waals surface area contributed by atoms with E-state index in [1.807, 2.05) is 6.92 Å². The van der Waals surface area contributed by atoms with Gasteiger partial charge in [0.15, 0.2) is 5.78 Å². The van der Waals surface area contributed by atoms with Gasteiger partial charge in [0.2, 0.25) is 0 Å². The molecule has 0 spiro atoms. The number of carbonyl (C=O) groups excluding carboxylic acids is 1. The van der Waals surface area contributed by atoms with Gasteiger partial charge in [0.1, 0.15) is 0 Å². The summed E-state index contributed by atoms with van der Waals surface area (Å²) in [5.41, 5.74) is 5.09. The third-order valence-electron chi connectivity index (χ3n) is 1.50. The molecular weight excluding hydrogens is 158 g/mol. The lowest BCUT2D eigenvalue weighted by molar-refractivity contribution is -0.133. The Bertz CT molecular complexity index is 230. The number of nitrogens with two attached hydrogens (primary N) is 1. The van der Waals surface area contributed by atoms with Crippen molar-refractivity contribution in [1.29, 1.82) is 0 Å². The summed E-state index contributed by atoms with van der Waals surface area (Å²) in [4.78, 5) is 21.4. The van der Waals surface area contributed by atoms with Crippen molar-refractivity contribution in [1.82, 2.24) is 0 Å². The van der Waals surface area contributed by atoms with Crippen molar-refractivity contribution < 1.29 is 14.7 Å². The average Bonchev–Trinajstić information content (AvgIpc) is 2.02. The Morgan fingerprint density at radius 1 is 1.42 bits per heavy atom. The van der Waals surface area contributed by atoms with Gasteiger partial charge in [0.25, 0.3) is 0 Å². The highest BCUT2D eigenvalue weighted by molar-refractivity contribution is 6.02. The van der Waals surface area contributed by atoms with Crippen LogP contribution in [0.5, 0.6) is 0 Å². The molecule has 0 saturated heterocycles. The van der Waals surface area contributed by atoms with Crippen LogP contribution in [-0.4, -0.2) is 16.9 Å². The van der Waals surface area contributed by atoms with E-state index in [1.54, 1.807) is 0 Å². The summed E-state index contributed by atoms with van der Waals surface area (Å²) in [6.45, 7) is 3.16. The van der Waals surface area contributed by atoms with E-state index in [0.29, 0.717) is 12.8 Å². The normalized spacial score (nSPS) is 12.2. The monoisotopic (exact) mass is 171 g/mol. The molecule has 0 aromatic carbocycles. The summed E-state index contributed by atoms with van der Waals surface area (Å²) in [5.74, 6) is -1.44. The number of ketones is 1. The standard InChI is InChI=1S/C8H13NO3/c1-3-4-6(10)7(9)5(2)8(11)12/h3-4,9H2,1-2H3,(H,11,12)/b7-5-. The molecule has 4 heteroatoms. The van der Waals surface area contributed by atoms with E-state index in [1.165, 1.54) is 6.92 Å². The molecule has 0 unspecified atom stereocenters. The van der Waals surface area contributed by atoms with E-state index < -0.39 is 5.97 Å². The van der Waals surface area contributed by atoms with E-state index in [-0.39, 0.29) is 17.1 Å². The SMILES string of the molecule is CCCC(=O)/C(N)=C(\C)C(=O)O. The molecule has 0 atom stereocenters. The van der Waals surface area contributed by atoms with Gasteiger partial charge in [-0.05, 0) is 13.3 Å². The van der Waals surface area contributed by atoms with Gasteiger partial charge in [-0.2, -0.15) is 0 Å². The second-order valence-electron chi connectivity index (χ2n) is 2.52. The van der Waals surface area contributed by atoms with Gasteiger partial charge in [0, 0.05) is 6.42 Å². The van der Waals surface area contributed by atoms with Crippen LogP contribution in [0.25, 0.3) is 0 Å². The number of rotatable bonds is 4. The maximum Gasteiger partial charge on any atom is 0.333 e. The minimum absolute atomic E-state index is 0.0755. The molecular formula is C8H13NO3. The predicted octanol–water partition coefficient (Wildman–Crippen LogP) is 0.673. The van der Waals surface area contributed by atoms with Gasteiger partial charge >= 0.3 is 5.97 Å². The Morgan fingerprint density at radius 2 is 1.92 bits per heavy atom. The van der Waals surface area contributed by atoms with Gasteiger partial charge in [-0.25, -0.2) is 4.79 Å². The van der Waals surface area contributed by atoms with Gasteiger partial charge in [-0.15, -0.1) is 0 Å². The molecule has 0 aliphatic heterocycles. The lowest BCUT2D eigenvalue weighted by Gasteiger charge is -2.00. The molecule has 0 heterocycles.